The summed E-state index contributed by atoms with van der Waals surface area (Å²) in [5, 5.41) is 0.706. The predicted molar refractivity (Wildman–Crippen MR) is 123 cm³/mol. The number of benzene rings is 3. The Hall–Kier alpha value is -3.18. The van der Waals surface area contributed by atoms with Crippen molar-refractivity contribution in [2.24, 2.45) is 0 Å². The molecule has 0 saturated heterocycles. The van der Waals surface area contributed by atoms with Gasteiger partial charge in [-0.15, -0.1) is 0 Å². The first-order valence-corrected chi connectivity index (χ1v) is 10.8. The summed E-state index contributed by atoms with van der Waals surface area (Å²) in [7, 11) is 1.65. The molecular formula is C25H24N2O2S. The number of anilines is 1. The lowest BCUT2D eigenvalue weighted by atomic mass is 10.1. The van der Waals surface area contributed by atoms with Gasteiger partial charge in [0.1, 0.15) is 5.75 Å². The minimum Gasteiger partial charge on any atom is -0.497 e. The number of nitrogens with zero attached hydrogens (tertiary/aromatic N) is 2. The number of thiazole rings is 1. The van der Waals surface area contributed by atoms with Crippen molar-refractivity contribution in [3.63, 3.8) is 0 Å². The Balaban J connectivity index is 1.65. The molecule has 5 heteroatoms. The third-order valence-electron chi connectivity index (χ3n) is 5.09. The van der Waals surface area contributed by atoms with Crippen LogP contribution < -0.4 is 9.64 Å². The number of amides is 1. The monoisotopic (exact) mass is 416 g/mol. The van der Waals surface area contributed by atoms with Crippen molar-refractivity contribution >= 4 is 32.6 Å². The Labute approximate surface area is 180 Å². The zero-order chi connectivity index (χ0) is 20.9. The summed E-state index contributed by atoms with van der Waals surface area (Å²) in [6.45, 7) is 2.62. The van der Waals surface area contributed by atoms with Crippen molar-refractivity contribution < 1.29 is 9.53 Å². The number of carbonyl (C=O) groups is 1. The normalized spacial score (nSPS) is 10.9. The molecule has 0 unspecified atom stereocenters. The second-order valence-corrected chi connectivity index (χ2v) is 8.15. The minimum atomic E-state index is 0.0362. The molecule has 0 bridgehead atoms. The van der Waals surface area contributed by atoms with Gasteiger partial charge in [-0.2, -0.15) is 0 Å². The van der Waals surface area contributed by atoms with E-state index in [1.807, 2.05) is 60.7 Å². The fourth-order valence-electron chi connectivity index (χ4n) is 3.33. The Kier molecular flexibility index (Phi) is 6.10. The van der Waals surface area contributed by atoms with Gasteiger partial charge in [0.2, 0.25) is 5.91 Å². The van der Waals surface area contributed by atoms with E-state index in [0.29, 0.717) is 18.1 Å². The van der Waals surface area contributed by atoms with Crippen LogP contribution in [-0.2, 0) is 24.2 Å². The minimum absolute atomic E-state index is 0.0362. The number of carbonyl (C=O) groups excluding carboxylic acids is 1. The lowest BCUT2D eigenvalue weighted by Crippen LogP contribution is -2.31. The summed E-state index contributed by atoms with van der Waals surface area (Å²) in [6.07, 6.45) is 1.33. The van der Waals surface area contributed by atoms with Crippen LogP contribution in [0.15, 0.2) is 72.8 Å². The Morgan fingerprint density at radius 3 is 2.40 bits per heavy atom. The van der Waals surface area contributed by atoms with E-state index in [1.54, 1.807) is 12.0 Å². The van der Waals surface area contributed by atoms with Crippen molar-refractivity contribution in [3.8, 4) is 5.75 Å². The van der Waals surface area contributed by atoms with E-state index < -0.39 is 0 Å². The molecule has 0 N–H and O–H groups in total. The fourth-order valence-corrected chi connectivity index (χ4v) is 4.34. The molecule has 1 heterocycles. The molecule has 1 amide bonds. The maximum absolute atomic E-state index is 13.3. The van der Waals surface area contributed by atoms with Crippen LogP contribution >= 0.6 is 11.3 Å². The van der Waals surface area contributed by atoms with Crippen LogP contribution in [-0.4, -0.2) is 18.0 Å². The average Bonchev–Trinajstić information content (AvgIpc) is 3.21. The average molecular weight is 417 g/mol. The third-order valence-corrected chi connectivity index (χ3v) is 6.13. The number of rotatable bonds is 7. The SMILES string of the molecule is CCc1ccc(CC(=O)N(Cc2ccccc2)c2nc3ccc(OC)cc3s2)cc1. The van der Waals surface area contributed by atoms with Gasteiger partial charge >= 0.3 is 0 Å². The highest BCUT2D eigenvalue weighted by Crippen LogP contribution is 2.32. The first-order valence-electron chi connectivity index (χ1n) is 10.0. The van der Waals surface area contributed by atoms with Crippen LogP contribution in [0.1, 0.15) is 23.6 Å². The van der Waals surface area contributed by atoms with Crippen molar-refractivity contribution in [1.82, 2.24) is 4.98 Å². The summed E-state index contributed by atoms with van der Waals surface area (Å²) < 4.78 is 6.33. The van der Waals surface area contributed by atoms with E-state index >= 15 is 0 Å². The quantitative estimate of drug-likeness (QED) is 0.391. The highest BCUT2D eigenvalue weighted by molar-refractivity contribution is 7.22. The van der Waals surface area contributed by atoms with Crippen LogP contribution in [0.3, 0.4) is 0 Å². The van der Waals surface area contributed by atoms with Crippen molar-refractivity contribution in [3.05, 3.63) is 89.5 Å². The van der Waals surface area contributed by atoms with Crippen molar-refractivity contribution in [1.29, 1.82) is 0 Å². The Bertz CT molecular complexity index is 1140. The maximum Gasteiger partial charge on any atom is 0.233 e. The maximum atomic E-state index is 13.3. The molecule has 0 aliphatic heterocycles. The Morgan fingerprint density at radius 1 is 0.967 bits per heavy atom. The first-order chi connectivity index (χ1) is 14.7. The molecule has 152 valence electrons. The molecule has 0 radical (unpaired) electrons. The van der Waals surface area contributed by atoms with Gasteiger partial charge in [0.25, 0.3) is 0 Å². The molecule has 4 rings (SSSR count). The third kappa shape index (κ3) is 4.52. The largest absolute Gasteiger partial charge is 0.497 e. The lowest BCUT2D eigenvalue weighted by Gasteiger charge is -2.20. The summed E-state index contributed by atoms with van der Waals surface area (Å²) in [5.41, 5.74) is 4.23. The van der Waals surface area contributed by atoms with E-state index in [9.17, 15) is 4.79 Å². The van der Waals surface area contributed by atoms with Crippen molar-refractivity contribution in [2.45, 2.75) is 26.3 Å². The van der Waals surface area contributed by atoms with Crippen LogP contribution in [0.4, 0.5) is 5.13 Å². The smallest absolute Gasteiger partial charge is 0.233 e. The zero-order valence-corrected chi connectivity index (χ0v) is 18.0. The number of hydrogen-bond donors (Lipinski definition) is 0. The van der Waals surface area contributed by atoms with E-state index in [2.05, 4.69) is 19.1 Å². The number of ether oxygens (including phenoxy) is 1. The van der Waals surface area contributed by atoms with E-state index in [1.165, 1.54) is 16.9 Å². The zero-order valence-electron chi connectivity index (χ0n) is 17.2. The highest BCUT2D eigenvalue weighted by atomic mass is 32.1. The topological polar surface area (TPSA) is 42.4 Å². The number of fused-ring (bicyclic) bond motifs is 1. The molecule has 30 heavy (non-hydrogen) atoms. The Morgan fingerprint density at radius 2 is 1.70 bits per heavy atom. The molecule has 1 aromatic heterocycles. The van der Waals surface area contributed by atoms with Crippen LogP contribution in [0.5, 0.6) is 5.75 Å². The molecule has 0 spiro atoms. The van der Waals surface area contributed by atoms with Crippen LogP contribution in [0.2, 0.25) is 0 Å². The second kappa shape index (κ2) is 9.09. The van der Waals surface area contributed by atoms with Gasteiger partial charge in [-0.25, -0.2) is 4.98 Å². The van der Waals surface area contributed by atoms with Gasteiger partial charge in [0, 0.05) is 0 Å². The summed E-state index contributed by atoms with van der Waals surface area (Å²) in [6, 6.07) is 24.1. The molecule has 0 saturated carbocycles. The van der Waals surface area contributed by atoms with E-state index in [4.69, 9.17) is 9.72 Å². The van der Waals surface area contributed by atoms with Gasteiger partial charge in [-0.3, -0.25) is 9.69 Å². The van der Waals surface area contributed by atoms with E-state index in [0.717, 1.165) is 33.5 Å². The second-order valence-electron chi connectivity index (χ2n) is 7.14. The molecule has 0 aliphatic rings. The van der Waals surface area contributed by atoms with Crippen molar-refractivity contribution in [2.75, 3.05) is 12.0 Å². The summed E-state index contributed by atoms with van der Waals surface area (Å²) in [5.74, 6) is 0.823. The standard InChI is InChI=1S/C25H24N2O2S/c1-3-18-9-11-19(12-10-18)15-24(28)27(17-20-7-5-4-6-8-20)25-26-22-14-13-21(29-2)16-23(22)30-25/h4-14,16H,3,15,17H2,1-2H3. The predicted octanol–water partition coefficient (Wildman–Crippen LogP) is 5.64. The molecule has 4 nitrogen and oxygen atoms in total. The molecule has 0 aliphatic carbocycles. The van der Waals surface area contributed by atoms with Crippen LogP contribution in [0, 0.1) is 0 Å². The number of aryl methyl sites for hydroxylation is 1. The molecule has 0 atom stereocenters. The van der Waals surface area contributed by atoms with E-state index in [-0.39, 0.29) is 5.91 Å². The molecule has 3 aromatic carbocycles. The molecule has 4 aromatic rings. The number of methoxy groups -OCH3 is 1. The molecular weight excluding hydrogens is 392 g/mol. The molecule has 0 fully saturated rings. The first kappa shape index (κ1) is 20.1. The van der Waals surface area contributed by atoms with Gasteiger partial charge in [-0.1, -0.05) is 72.9 Å². The van der Waals surface area contributed by atoms with Gasteiger partial charge < -0.3 is 4.74 Å². The lowest BCUT2D eigenvalue weighted by molar-refractivity contribution is -0.118. The van der Waals surface area contributed by atoms with Gasteiger partial charge in [0.05, 0.1) is 30.3 Å². The summed E-state index contributed by atoms with van der Waals surface area (Å²) >= 11 is 1.51. The number of aromatic nitrogens is 1. The highest BCUT2D eigenvalue weighted by Gasteiger charge is 2.21. The van der Waals surface area contributed by atoms with Gasteiger partial charge in [0.15, 0.2) is 5.13 Å². The summed E-state index contributed by atoms with van der Waals surface area (Å²) in [4.78, 5) is 19.9. The van der Waals surface area contributed by atoms with Crippen LogP contribution in [0.25, 0.3) is 10.2 Å². The van der Waals surface area contributed by atoms with Gasteiger partial charge in [-0.05, 0) is 41.3 Å². The fraction of sp³-hybridized carbons (Fsp3) is 0.200. The number of hydrogen-bond acceptors (Lipinski definition) is 4.